The molecule has 0 bridgehead atoms. The van der Waals surface area contributed by atoms with Gasteiger partial charge < -0.3 is 20.1 Å². The molecule has 0 saturated heterocycles. The van der Waals surface area contributed by atoms with Gasteiger partial charge in [0.25, 0.3) is 0 Å². The van der Waals surface area contributed by atoms with E-state index in [4.69, 9.17) is 31.7 Å². The zero-order valence-corrected chi connectivity index (χ0v) is 15.7. The first-order valence-corrected chi connectivity index (χ1v) is 3.50. The average molecular weight is 282 g/mol. The van der Waals surface area contributed by atoms with Crippen molar-refractivity contribution < 1.29 is 123 Å². The monoisotopic (exact) mass is 281 g/mol. The van der Waals surface area contributed by atoms with Gasteiger partial charge in [-0.05, 0) is 24.7 Å². The van der Waals surface area contributed by atoms with Crippen molar-refractivity contribution >= 4 is 17.8 Å². The van der Waals surface area contributed by atoms with E-state index >= 15 is 0 Å². The molecule has 0 amide bonds. The minimum atomic E-state index is -2.33. The van der Waals surface area contributed by atoms with Gasteiger partial charge in [0.05, 0.1) is 6.20 Å². The summed E-state index contributed by atoms with van der Waals surface area (Å²) in [6.07, 6.45) is -1.02. The number of nitrogens with zero attached hydrogens (tertiary/aromatic N) is 1. The molecule has 1 aromatic heterocycles. The maximum atomic E-state index is 8.82. The van der Waals surface area contributed by atoms with Crippen LogP contribution in [0.1, 0.15) is 5.56 Å². The Kier molecular flexibility index (Phi) is 18.0. The van der Waals surface area contributed by atoms with Gasteiger partial charge in [-0.3, -0.25) is 0 Å². The summed E-state index contributed by atoms with van der Waals surface area (Å²) >= 11 is 5.56. The Bertz CT molecular complexity index is 307. The number of hydrogen-bond acceptors (Lipinski definition) is 5. The van der Waals surface area contributed by atoms with Crippen LogP contribution >= 0.6 is 11.6 Å². The van der Waals surface area contributed by atoms with E-state index in [0.29, 0.717) is 5.15 Å². The number of carbonyl (C=O) groups excluding carboxylic acids is 1. The second kappa shape index (κ2) is 12.2. The van der Waals surface area contributed by atoms with Gasteiger partial charge >= 0.3 is 103 Å². The Morgan fingerprint density at radius 2 is 1.87 bits per heavy atom. The molecule has 1 N–H and O–H groups in total. The van der Waals surface area contributed by atoms with Crippen molar-refractivity contribution in [3.8, 4) is 5.75 Å². The zero-order valence-electron chi connectivity index (χ0n) is 8.65. The first-order chi connectivity index (χ1) is 5.93. The molecule has 0 spiro atoms. The maximum Gasteiger partial charge on any atom is 1.00 e. The van der Waals surface area contributed by atoms with Crippen molar-refractivity contribution in [2.45, 2.75) is 6.92 Å². The molecule has 0 aliphatic carbocycles. The summed E-state index contributed by atoms with van der Waals surface area (Å²) in [5.74, 6) is 0.150. The van der Waals surface area contributed by atoms with E-state index in [-0.39, 0.29) is 109 Å². The number of carbonyl (C=O) groups is 1. The van der Waals surface area contributed by atoms with Crippen molar-refractivity contribution in [1.29, 1.82) is 0 Å². The Labute approximate surface area is 177 Å². The van der Waals surface area contributed by atoms with E-state index in [2.05, 4.69) is 4.98 Å². The molecule has 1 rings (SSSR count). The number of aromatic hydroxyl groups is 1. The predicted molar refractivity (Wildman–Crippen MR) is 41.0 cm³/mol. The fraction of sp³-hybridized carbons (Fsp3) is 0.143. The first kappa shape index (κ1) is 22.0. The van der Waals surface area contributed by atoms with Crippen LogP contribution in [0.5, 0.6) is 5.75 Å². The molecule has 15 heavy (non-hydrogen) atoms. The Hall–Kier alpha value is 1.78. The fourth-order valence-corrected chi connectivity index (χ4v) is 0.647. The molecule has 72 valence electrons. The maximum absolute atomic E-state index is 8.82. The van der Waals surface area contributed by atoms with Crippen LogP contribution in [0, 0.1) is 6.92 Å². The van der Waals surface area contributed by atoms with Crippen LogP contribution in [0.25, 0.3) is 0 Å². The summed E-state index contributed by atoms with van der Waals surface area (Å²) in [5, 5.41) is 25.9. The van der Waals surface area contributed by atoms with E-state index in [9.17, 15) is 0 Å². The molecule has 0 aliphatic heterocycles. The van der Waals surface area contributed by atoms with Crippen LogP contribution in [0.2, 0.25) is 5.15 Å². The quantitative estimate of drug-likeness (QED) is 0.377. The number of carboxylic acid groups (broad SMARTS) is 2. The average Bonchev–Trinajstić information content (AvgIpc) is 1.96. The van der Waals surface area contributed by atoms with Gasteiger partial charge in [0, 0.05) is 0 Å². The van der Waals surface area contributed by atoms with Crippen molar-refractivity contribution in [3.05, 3.63) is 23.0 Å². The Balaban J connectivity index is -0.000000213. The third kappa shape index (κ3) is 13.7. The van der Waals surface area contributed by atoms with Gasteiger partial charge in [-0.1, -0.05) is 11.6 Å². The van der Waals surface area contributed by atoms with Gasteiger partial charge in [-0.2, -0.15) is 0 Å². The Morgan fingerprint density at radius 1 is 1.47 bits per heavy atom. The van der Waals surface area contributed by atoms with Crippen molar-refractivity contribution in [3.63, 3.8) is 0 Å². The number of hydrogen-bond donors (Lipinski definition) is 1. The van der Waals surface area contributed by atoms with Crippen LogP contribution in [-0.2, 0) is 0 Å². The van der Waals surface area contributed by atoms with Crippen LogP contribution in [0.15, 0.2) is 12.3 Å². The standard InChI is InChI=1S/C6H6ClNO.CH2O3.2K/c1-4-2-5(9)3-8-6(4)7;2-1(3)4;;/h2-3,9H,1H3;(H2,2,3,4);;/q;;2*+1/p-2. The smallest absolute Gasteiger partial charge is 0.652 e. The van der Waals surface area contributed by atoms with E-state index in [1.807, 2.05) is 0 Å². The van der Waals surface area contributed by atoms with Crippen LogP contribution < -0.4 is 113 Å². The second-order valence-corrected chi connectivity index (χ2v) is 2.41. The van der Waals surface area contributed by atoms with Gasteiger partial charge in [-0.25, -0.2) is 4.98 Å². The number of aromatic nitrogens is 1. The summed E-state index contributed by atoms with van der Waals surface area (Å²) in [7, 11) is 0. The molecule has 0 aliphatic rings. The van der Waals surface area contributed by atoms with E-state index in [0.717, 1.165) is 5.56 Å². The largest absolute Gasteiger partial charge is 1.00 e. The number of halogens is 1. The molecule has 1 heterocycles. The molecule has 0 aromatic carbocycles. The van der Waals surface area contributed by atoms with Crippen LogP contribution in [-0.4, -0.2) is 16.2 Å². The third-order valence-corrected chi connectivity index (χ3v) is 1.40. The number of rotatable bonds is 0. The Morgan fingerprint density at radius 3 is 2.13 bits per heavy atom. The molecule has 8 heteroatoms. The fourth-order valence-electron chi connectivity index (χ4n) is 0.543. The van der Waals surface area contributed by atoms with Gasteiger partial charge in [0.15, 0.2) is 0 Å². The molecule has 0 unspecified atom stereocenters. The normalized spacial score (nSPS) is 7.33. The molecular weight excluding hydrogens is 276 g/mol. The van der Waals surface area contributed by atoms with Crippen LogP contribution in [0.4, 0.5) is 4.79 Å². The first-order valence-electron chi connectivity index (χ1n) is 3.12. The van der Waals surface area contributed by atoms with E-state index < -0.39 is 6.16 Å². The topological polar surface area (TPSA) is 96.3 Å². The van der Waals surface area contributed by atoms with Crippen molar-refractivity contribution in [1.82, 2.24) is 4.98 Å². The molecule has 5 nitrogen and oxygen atoms in total. The van der Waals surface area contributed by atoms with Gasteiger partial charge in [0.1, 0.15) is 10.9 Å². The third-order valence-electron chi connectivity index (χ3n) is 1.000. The molecule has 0 fully saturated rings. The SMILES string of the molecule is Cc1cc(O)cnc1Cl.O=C([O-])[O-].[K+].[K+]. The van der Waals surface area contributed by atoms with Crippen LogP contribution in [0.3, 0.4) is 0 Å². The van der Waals surface area contributed by atoms with Crippen molar-refractivity contribution in [2.24, 2.45) is 0 Å². The minimum absolute atomic E-state index is 0. The molecular formula is C7H6ClK2NO4. The molecule has 0 radical (unpaired) electrons. The summed E-state index contributed by atoms with van der Waals surface area (Å²) in [4.78, 5) is 12.0. The molecule has 0 saturated carbocycles. The van der Waals surface area contributed by atoms with Crippen molar-refractivity contribution in [2.75, 3.05) is 0 Å². The second-order valence-electron chi connectivity index (χ2n) is 2.05. The summed E-state index contributed by atoms with van der Waals surface area (Å²) in [6, 6.07) is 1.56. The number of pyridine rings is 1. The van der Waals surface area contributed by atoms with Gasteiger partial charge in [-0.15, -0.1) is 0 Å². The predicted octanol–water partition coefficient (Wildman–Crippen LogP) is -6.69. The number of aryl methyl sites for hydroxylation is 1. The minimum Gasteiger partial charge on any atom is -0.652 e. The molecule has 0 atom stereocenters. The van der Waals surface area contributed by atoms with E-state index in [1.165, 1.54) is 6.20 Å². The summed E-state index contributed by atoms with van der Waals surface area (Å²) in [5.41, 5.74) is 0.789. The summed E-state index contributed by atoms with van der Waals surface area (Å²) in [6.45, 7) is 1.79. The zero-order chi connectivity index (χ0) is 10.4. The van der Waals surface area contributed by atoms with Gasteiger partial charge in [0.2, 0.25) is 0 Å². The summed E-state index contributed by atoms with van der Waals surface area (Å²) < 4.78 is 0. The van der Waals surface area contributed by atoms with E-state index in [1.54, 1.807) is 13.0 Å². The molecule has 1 aromatic rings.